The van der Waals surface area contributed by atoms with Gasteiger partial charge in [-0.1, -0.05) is 36.4 Å². The van der Waals surface area contributed by atoms with E-state index in [0.717, 1.165) is 11.4 Å². The number of hydrogen-bond acceptors (Lipinski definition) is 2. The van der Waals surface area contributed by atoms with Crippen molar-refractivity contribution in [3.63, 3.8) is 0 Å². The summed E-state index contributed by atoms with van der Waals surface area (Å²) in [5, 5.41) is 5.55. The molecule has 0 amide bonds. The minimum Gasteiger partial charge on any atom is -0.331 e. The van der Waals surface area contributed by atoms with Gasteiger partial charge in [0.25, 0.3) is 0 Å². The fourth-order valence-electron chi connectivity index (χ4n) is 1.49. The fourth-order valence-corrected chi connectivity index (χ4v) is 1.65. The molecule has 2 aromatic carbocycles. The number of nitrogens with one attached hydrogen (secondary N) is 2. The first-order valence-corrected chi connectivity index (χ1v) is 6.08. The summed E-state index contributed by atoms with van der Waals surface area (Å²) in [5.41, 5.74) is 5.17. The van der Waals surface area contributed by atoms with Crippen molar-refractivity contribution in [1.29, 1.82) is 0 Å². The van der Waals surface area contributed by atoms with Crippen LogP contribution < -0.4 is 10.7 Å². The van der Waals surface area contributed by atoms with Gasteiger partial charge in [0.1, 0.15) is 0 Å². The minimum atomic E-state index is 0.616. The zero-order chi connectivity index (χ0) is 12.8. The first kappa shape index (κ1) is 12.4. The van der Waals surface area contributed by atoms with Crippen LogP contribution in [0.15, 0.2) is 60.7 Å². The summed E-state index contributed by atoms with van der Waals surface area (Å²) >= 11 is 5.31. The number of nitrogens with zero attached hydrogens (tertiary/aromatic N) is 1. The molecule has 0 aromatic heterocycles. The molecular formula is C14H15N3S. The van der Waals surface area contributed by atoms with Crippen molar-refractivity contribution in [2.75, 3.05) is 17.8 Å². The van der Waals surface area contributed by atoms with E-state index >= 15 is 0 Å². The topological polar surface area (TPSA) is 27.3 Å². The van der Waals surface area contributed by atoms with Gasteiger partial charge >= 0.3 is 0 Å². The van der Waals surface area contributed by atoms with Gasteiger partial charge in [0, 0.05) is 12.7 Å². The molecular weight excluding hydrogens is 242 g/mol. The van der Waals surface area contributed by atoms with Crippen LogP contribution >= 0.6 is 12.2 Å². The predicted octanol–water partition coefficient (Wildman–Crippen LogP) is 3.34. The van der Waals surface area contributed by atoms with Crippen LogP contribution in [0, 0.1) is 0 Å². The molecule has 0 atom stereocenters. The Morgan fingerprint density at radius 1 is 0.889 bits per heavy atom. The molecule has 2 rings (SSSR count). The molecule has 0 saturated heterocycles. The van der Waals surface area contributed by atoms with Gasteiger partial charge in [-0.05, 0) is 36.5 Å². The molecule has 0 fully saturated rings. The lowest BCUT2D eigenvalue weighted by Gasteiger charge is -2.22. The Balaban J connectivity index is 1.93. The highest BCUT2D eigenvalue weighted by molar-refractivity contribution is 7.80. The minimum absolute atomic E-state index is 0.616. The van der Waals surface area contributed by atoms with Crippen LogP contribution in [-0.4, -0.2) is 17.2 Å². The Morgan fingerprint density at radius 2 is 1.39 bits per heavy atom. The Hall–Kier alpha value is -2.07. The molecule has 2 N–H and O–H groups in total. The third kappa shape index (κ3) is 3.46. The van der Waals surface area contributed by atoms with Gasteiger partial charge in [0.05, 0.1) is 5.69 Å². The predicted molar refractivity (Wildman–Crippen MR) is 80.5 cm³/mol. The Bertz CT molecular complexity index is 499. The third-order valence-electron chi connectivity index (χ3n) is 2.40. The van der Waals surface area contributed by atoms with E-state index < -0.39 is 0 Å². The third-order valence-corrected chi connectivity index (χ3v) is 2.78. The van der Waals surface area contributed by atoms with E-state index in [1.54, 1.807) is 5.01 Å². The molecule has 0 saturated carbocycles. The Labute approximate surface area is 112 Å². The molecule has 3 nitrogen and oxygen atoms in total. The van der Waals surface area contributed by atoms with Crippen LogP contribution in [0.4, 0.5) is 11.4 Å². The second-order valence-corrected chi connectivity index (χ2v) is 4.22. The second kappa shape index (κ2) is 6.02. The van der Waals surface area contributed by atoms with Crippen LogP contribution in [0.2, 0.25) is 0 Å². The highest BCUT2D eigenvalue weighted by atomic mass is 32.1. The second-order valence-electron chi connectivity index (χ2n) is 3.83. The van der Waals surface area contributed by atoms with Crippen LogP contribution in [0.5, 0.6) is 0 Å². The number of rotatable bonds is 3. The molecule has 0 unspecified atom stereocenters. The summed E-state index contributed by atoms with van der Waals surface area (Å²) in [6.07, 6.45) is 0. The van der Waals surface area contributed by atoms with E-state index in [1.165, 1.54) is 0 Å². The van der Waals surface area contributed by atoms with Crippen LogP contribution in [0.1, 0.15) is 0 Å². The average molecular weight is 257 g/mol. The first-order chi connectivity index (χ1) is 8.75. The van der Waals surface area contributed by atoms with Gasteiger partial charge in [0.15, 0.2) is 5.11 Å². The molecule has 0 bridgehead atoms. The van der Waals surface area contributed by atoms with E-state index in [2.05, 4.69) is 10.7 Å². The number of para-hydroxylation sites is 2. The number of benzene rings is 2. The molecule has 0 radical (unpaired) electrons. The zero-order valence-corrected chi connectivity index (χ0v) is 10.9. The number of anilines is 2. The molecule has 4 heteroatoms. The highest BCUT2D eigenvalue weighted by Crippen LogP contribution is 2.09. The molecule has 2 aromatic rings. The number of hydrazine groups is 1. The van der Waals surface area contributed by atoms with Crippen molar-refractivity contribution in [3.8, 4) is 0 Å². The van der Waals surface area contributed by atoms with E-state index in [-0.39, 0.29) is 0 Å². The maximum absolute atomic E-state index is 5.31. The molecule has 0 spiro atoms. The van der Waals surface area contributed by atoms with Gasteiger partial charge in [-0.2, -0.15) is 0 Å². The Morgan fingerprint density at radius 3 is 1.94 bits per heavy atom. The standard InChI is InChI=1S/C14H15N3S/c1-17(16-13-10-6-3-7-11-13)14(18)15-12-8-4-2-5-9-12/h2-11,16H,1H3,(H,15,18). The maximum Gasteiger partial charge on any atom is 0.192 e. The van der Waals surface area contributed by atoms with Gasteiger partial charge in [-0.25, -0.2) is 0 Å². The fraction of sp³-hybridized carbons (Fsp3) is 0.0714. The monoisotopic (exact) mass is 257 g/mol. The largest absolute Gasteiger partial charge is 0.331 e. The summed E-state index contributed by atoms with van der Waals surface area (Å²) in [5.74, 6) is 0. The molecule has 18 heavy (non-hydrogen) atoms. The van der Waals surface area contributed by atoms with Crippen LogP contribution in [0.25, 0.3) is 0 Å². The zero-order valence-electron chi connectivity index (χ0n) is 10.1. The van der Waals surface area contributed by atoms with Crippen molar-refractivity contribution in [2.24, 2.45) is 0 Å². The number of thiocarbonyl (C=S) groups is 1. The van der Waals surface area contributed by atoms with E-state index in [9.17, 15) is 0 Å². The molecule has 0 heterocycles. The summed E-state index contributed by atoms with van der Waals surface area (Å²) in [6, 6.07) is 19.8. The first-order valence-electron chi connectivity index (χ1n) is 5.67. The van der Waals surface area contributed by atoms with Gasteiger partial charge < -0.3 is 5.32 Å². The van der Waals surface area contributed by atoms with Crippen LogP contribution in [-0.2, 0) is 0 Å². The van der Waals surface area contributed by atoms with Gasteiger partial charge in [-0.15, -0.1) is 0 Å². The molecule has 0 aliphatic carbocycles. The smallest absolute Gasteiger partial charge is 0.192 e. The van der Waals surface area contributed by atoms with Crippen molar-refractivity contribution in [1.82, 2.24) is 5.01 Å². The maximum atomic E-state index is 5.31. The summed E-state index contributed by atoms with van der Waals surface area (Å²) in [7, 11) is 1.88. The molecule has 0 aliphatic rings. The molecule has 0 aliphatic heterocycles. The van der Waals surface area contributed by atoms with Crippen molar-refractivity contribution < 1.29 is 0 Å². The van der Waals surface area contributed by atoms with Crippen LogP contribution in [0.3, 0.4) is 0 Å². The van der Waals surface area contributed by atoms with E-state index in [1.807, 2.05) is 67.7 Å². The summed E-state index contributed by atoms with van der Waals surface area (Å²) in [4.78, 5) is 0. The van der Waals surface area contributed by atoms with Crippen molar-refractivity contribution >= 4 is 28.7 Å². The highest BCUT2D eigenvalue weighted by Gasteiger charge is 2.03. The normalized spacial score (nSPS) is 9.61. The molecule has 92 valence electrons. The lowest BCUT2D eigenvalue weighted by Crippen LogP contribution is -2.35. The van der Waals surface area contributed by atoms with Crippen molar-refractivity contribution in [3.05, 3.63) is 60.7 Å². The lowest BCUT2D eigenvalue weighted by atomic mass is 10.3. The Kier molecular flexibility index (Phi) is 4.15. The lowest BCUT2D eigenvalue weighted by molar-refractivity contribution is 0.619. The quantitative estimate of drug-likeness (QED) is 0.651. The van der Waals surface area contributed by atoms with Gasteiger partial charge in [0.2, 0.25) is 0 Å². The van der Waals surface area contributed by atoms with E-state index in [4.69, 9.17) is 12.2 Å². The summed E-state index contributed by atoms with van der Waals surface area (Å²) in [6.45, 7) is 0. The average Bonchev–Trinajstić information content (AvgIpc) is 2.41. The number of hydrogen-bond donors (Lipinski definition) is 2. The van der Waals surface area contributed by atoms with Crippen molar-refractivity contribution in [2.45, 2.75) is 0 Å². The SMILES string of the molecule is CN(Nc1ccccc1)C(=S)Nc1ccccc1. The summed E-state index contributed by atoms with van der Waals surface area (Å²) < 4.78 is 0. The van der Waals surface area contributed by atoms with E-state index in [0.29, 0.717) is 5.11 Å². The van der Waals surface area contributed by atoms with Gasteiger partial charge in [-0.3, -0.25) is 10.4 Å².